The number of hydrogen-bond acceptors (Lipinski definition) is 5. The molecule has 3 rings (SSSR count). The molecule has 148 valence electrons. The number of esters is 1. The third-order valence-electron chi connectivity index (χ3n) is 4.69. The molecule has 0 bridgehead atoms. The van der Waals surface area contributed by atoms with Gasteiger partial charge in [-0.1, -0.05) is 6.07 Å². The van der Waals surface area contributed by atoms with Gasteiger partial charge in [0.2, 0.25) is 10.0 Å². The highest BCUT2D eigenvalue weighted by molar-refractivity contribution is 7.89. The molecule has 1 amide bonds. The number of nitrogens with one attached hydrogen (secondary N) is 1. The van der Waals surface area contributed by atoms with E-state index in [9.17, 15) is 18.0 Å². The molecule has 8 heteroatoms. The van der Waals surface area contributed by atoms with Crippen molar-refractivity contribution in [1.29, 1.82) is 0 Å². The number of ether oxygens (including phenoxy) is 1. The van der Waals surface area contributed by atoms with E-state index in [0.29, 0.717) is 11.3 Å². The van der Waals surface area contributed by atoms with E-state index in [1.165, 1.54) is 36.8 Å². The summed E-state index contributed by atoms with van der Waals surface area (Å²) in [7, 11) is -3.80. The van der Waals surface area contributed by atoms with Crippen LogP contribution in [0.3, 0.4) is 0 Å². The van der Waals surface area contributed by atoms with Gasteiger partial charge in [0.15, 0.2) is 6.10 Å². The second-order valence-electron chi connectivity index (χ2n) is 6.80. The molecule has 28 heavy (non-hydrogen) atoms. The van der Waals surface area contributed by atoms with Crippen molar-refractivity contribution in [3.63, 3.8) is 0 Å². The molecule has 2 aromatic carbocycles. The Bertz CT molecular complexity index is 1000. The first-order chi connectivity index (χ1) is 13.2. The summed E-state index contributed by atoms with van der Waals surface area (Å²) in [5.41, 5.74) is 3.22. The molecule has 2 aromatic rings. The minimum absolute atomic E-state index is 0.0580. The number of primary sulfonamides is 1. The molecule has 7 nitrogen and oxygen atoms in total. The lowest BCUT2D eigenvalue weighted by atomic mass is 9.90. The second-order valence-corrected chi connectivity index (χ2v) is 8.36. The van der Waals surface area contributed by atoms with Gasteiger partial charge in [-0.05, 0) is 80.1 Å². The highest BCUT2D eigenvalue weighted by atomic mass is 32.2. The highest BCUT2D eigenvalue weighted by Gasteiger charge is 2.20. The summed E-state index contributed by atoms with van der Waals surface area (Å²) in [5, 5.41) is 7.61. The maximum absolute atomic E-state index is 12.4. The molecule has 0 fully saturated rings. The van der Waals surface area contributed by atoms with E-state index in [4.69, 9.17) is 9.88 Å². The van der Waals surface area contributed by atoms with Crippen molar-refractivity contribution >= 4 is 27.6 Å². The molecule has 0 aromatic heterocycles. The van der Waals surface area contributed by atoms with Crippen LogP contribution in [-0.4, -0.2) is 26.4 Å². The van der Waals surface area contributed by atoms with E-state index in [0.717, 1.165) is 31.2 Å². The number of anilines is 1. The molecule has 0 saturated heterocycles. The average Bonchev–Trinajstić information content (AvgIpc) is 2.67. The molecule has 1 aliphatic carbocycles. The fourth-order valence-electron chi connectivity index (χ4n) is 3.11. The minimum atomic E-state index is -3.80. The Morgan fingerprint density at radius 2 is 1.68 bits per heavy atom. The topological polar surface area (TPSA) is 116 Å². The summed E-state index contributed by atoms with van der Waals surface area (Å²) in [6, 6.07) is 10.9. The lowest BCUT2D eigenvalue weighted by molar-refractivity contribution is -0.123. The number of hydrogen-bond donors (Lipinski definition) is 2. The van der Waals surface area contributed by atoms with Gasteiger partial charge in [0, 0.05) is 5.69 Å². The van der Waals surface area contributed by atoms with E-state index >= 15 is 0 Å². The fourth-order valence-corrected chi connectivity index (χ4v) is 3.63. The predicted octanol–water partition coefficient (Wildman–Crippen LogP) is 2.40. The number of rotatable bonds is 5. The number of fused-ring (bicyclic) bond motifs is 1. The Morgan fingerprint density at radius 3 is 2.32 bits per heavy atom. The molecule has 0 saturated carbocycles. The first-order valence-corrected chi connectivity index (χ1v) is 10.6. The van der Waals surface area contributed by atoms with Crippen molar-refractivity contribution in [3.05, 3.63) is 59.2 Å². The van der Waals surface area contributed by atoms with Crippen molar-refractivity contribution < 1.29 is 22.7 Å². The van der Waals surface area contributed by atoms with Crippen molar-refractivity contribution in [2.24, 2.45) is 5.14 Å². The fraction of sp³-hybridized carbons (Fsp3) is 0.300. The van der Waals surface area contributed by atoms with Crippen LogP contribution in [0.5, 0.6) is 0 Å². The van der Waals surface area contributed by atoms with Crippen molar-refractivity contribution in [2.75, 3.05) is 5.32 Å². The summed E-state index contributed by atoms with van der Waals surface area (Å²) in [6.45, 7) is 1.48. The maximum Gasteiger partial charge on any atom is 0.338 e. The smallest absolute Gasteiger partial charge is 0.338 e. The molecule has 0 aliphatic heterocycles. The Labute approximate surface area is 163 Å². The normalized spacial score (nSPS) is 14.6. The zero-order valence-electron chi connectivity index (χ0n) is 15.5. The van der Waals surface area contributed by atoms with Gasteiger partial charge in [0.05, 0.1) is 10.5 Å². The first-order valence-electron chi connectivity index (χ1n) is 9.00. The number of carbonyl (C=O) groups is 2. The summed E-state index contributed by atoms with van der Waals surface area (Å²) in [5.74, 6) is -1.07. The summed E-state index contributed by atoms with van der Waals surface area (Å²) < 4.78 is 27.8. The average molecular weight is 402 g/mol. The predicted molar refractivity (Wildman–Crippen MR) is 104 cm³/mol. The summed E-state index contributed by atoms with van der Waals surface area (Å²) >= 11 is 0. The van der Waals surface area contributed by atoms with E-state index in [2.05, 4.69) is 5.32 Å². The molecule has 0 heterocycles. The molecule has 0 radical (unpaired) electrons. The van der Waals surface area contributed by atoms with Crippen molar-refractivity contribution in [2.45, 2.75) is 43.6 Å². The van der Waals surface area contributed by atoms with Crippen molar-refractivity contribution in [3.8, 4) is 0 Å². The van der Waals surface area contributed by atoms with Crippen LogP contribution in [0.4, 0.5) is 5.69 Å². The standard InChI is InChI=1S/C20H22N2O5S/c1-13(19(23)22-17-8-10-18(11-9-17)28(21,25)26)27-20(24)16-7-6-14-4-2-3-5-15(14)12-16/h6-13H,2-5H2,1H3,(H,22,23)(H2,21,25,26). The van der Waals surface area contributed by atoms with Crippen LogP contribution in [0.15, 0.2) is 47.4 Å². The molecular formula is C20H22N2O5S. The number of sulfonamides is 1. The quantitative estimate of drug-likeness (QED) is 0.745. The van der Waals surface area contributed by atoms with Gasteiger partial charge in [0.25, 0.3) is 5.91 Å². The first kappa shape index (κ1) is 20.0. The van der Waals surface area contributed by atoms with Crippen LogP contribution in [0.2, 0.25) is 0 Å². The molecule has 1 unspecified atom stereocenters. The van der Waals surface area contributed by atoms with Gasteiger partial charge in [0.1, 0.15) is 0 Å². The minimum Gasteiger partial charge on any atom is -0.449 e. The van der Waals surface area contributed by atoms with Gasteiger partial charge in [-0.25, -0.2) is 18.4 Å². The van der Waals surface area contributed by atoms with Crippen LogP contribution in [0, 0.1) is 0 Å². The Balaban J connectivity index is 1.61. The Hall–Kier alpha value is -2.71. The molecule has 1 atom stereocenters. The molecule has 0 spiro atoms. The van der Waals surface area contributed by atoms with Crippen LogP contribution < -0.4 is 10.5 Å². The van der Waals surface area contributed by atoms with Crippen LogP contribution >= 0.6 is 0 Å². The largest absolute Gasteiger partial charge is 0.449 e. The number of carbonyl (C=O) groups excluding carboxylic acids is 2. The van der Waals surface area contributed by atoms with Gasteiger partial charge >= 0.3 is 5.97 Å². The second kappa shape index (κ2) is 8.12. The van der Waals surface area contributed by atoms with Crippen LogP contribution in [0.25, 0.3) is 0 Å². The third-order valence-corrected chi connectivity index (χ3v) is 5.62. The molecular weight excluding hydrogens is 380 g/mol. The van der Waals surface area contributed by atoms with Crippen LogP contribution in [-0.2, 0) is 32.4 Å². The van der Waals surface area contributed by atoms with Gasteiger partial charge in [-0.3, -0.25) is 4.79 Å². The number of amides is 1. The number of nitrogens with two attached hydrogens (primary N) is 1. The number of aryl methyl sites for hydroxylation is 2. The zero-order chi connectivity index (χ0) is 20.3. The van der Waals surface area contributed by atoms with Crippen molar-refractivity contribution in [1.82, 2.24) is 0 Å². The summed E-state index contributed by atoms with van der Waals surface area (Å²) in [6.07, 6.45) is 3.22. The number of benzene rings is 2. The monoisotopic (exact) mass is 402 g/mol. The molecule has 3 N–H and O–H groups in total. The van der Waals surface area contributed by atoms with Gasteiger partial charge in [-0.2, -0.15) is 0 Å². The summed E-state index contributed by atoms with van der Waals surface area (Å²) in [4.78, 5) is 24.6. The van der Waals surface area contributed by atoms with E-state index in [-0.39, 0.29) is 4.90 Å². The lowest BCUT2D eigenvalue weighted by Gasteiger charge is -2.17. The van der Waals surface area contributed by atoms with Gasteiger partial charge in [-0.15, -0.1) is 0 Å². The van der Waals surface area contributed by atoms with E-state index in [1.807, 2.05) is 12.1 Å². The van der Waals surface area contributed by atoms with Gasteiger partial charge < -0.3 is 10.1 Å². The maximum atomic E-state index is 12.4. The Morgan fingerprint density at radius 1 is 1.04 bits per heavy atom. The highest BCUT2D eigenvalue weighted by Crippen LogP contribution is 2.23. The van der Waals surface area contributed by atoms with Crippen LogP contribution in [0.1, 0.15) is 41.3 Å². The third kappa shape index (κ3) is 4.76. The van der Waals surface area contributed by atoms with E-state index in [1.54, 1.807) is 6.07 Å². The lowest BCUT2D eigenvalue weighted by Crippen LogP contribution is -2.30. The zero-order valence-corrected chi connectivity index (χ0v) is 16.3. The SMILES string of the molecule is CC(OC(=O)c1ccc2c(c1)CCCC2)C(=O)Nc1ccc(S(N)(=O)=O)cc1. The Kier molecular flexibility index (Phi) is 5.81. The van der Waals surface area contributed by atoms with E-state index < -0.39 is 28.0 Å². The molecule has 1 aliphatic rings.